The van der Waals surface area contributed by atoms with Crippen LogP contribution in [0, 0.1) is 0 Å². The molecule has 0 saturated carbocycles. The van der Waals surface area contributed by atoms with Gasteiger partial charge in [0.15, 0.2) is 0 Å². The van der Waals surface area contributed by atoms with Gasteiger partial charge in [0.2, 0.25) is 0 Å². The molecule has 6 heteroatoms. The van der Waals surface area contributed by atoms with E-state index in [9.17, 15) is 0 Å². The number of likely N-dealkylation sites (N-methyl/N-ethyl adjacent to an activating group) is 1. The van der Waals surface area contributed by atoms with E-state index in [0.29, 0.717) is 0 Å². The Labute approximate surface area is 101 Å². The SMILES string of the molecule is CN1CCN([I-]CNc2ccn[nH]2)CC1. The van der Waals surface area contributed by atoms with E-state index in [2.05, 4.69) is 30.6 Å². The van der Waals surface area contributed by atoms with Crippen LogP contribution < -0.4 is 26.8 Å². The van der Waals surface area contributed by atoms with Crippen LogP contribution in [0.4, 0.5) is 5.82 Å². The van der Waals surface area contributed by atoms with E-state index in [1.165, 1.54) is 26.2 Å². The molecule has 1 aliphatic heterocycles. The number of piperazine rings is 1. The summed E-state index contributed by atoms with van der Waals surface area (Å²) in [5, 5.41) is 10.2. The van der Waals surface area contributed by atoms with Crippen LogP contribution in [-0.2, 0) is 0 Å². The second kappa shape index (κ2) is 5.66. The van der Waals surface area contributed by atoms with E-state index in [1.54, 1.807) is 6.20 Å². The van der Waals surface area contributed by atoms with Gasteiger partial charge >= 0.3 is 101 Å². The van der Waals surface area contributed by atoms with Crippen molar-refractivity contribution in [2.24, 2.45) is 0 Å². The van der Waals surface area contributed by atoms with Crippen LogP contribution in [0.1, 0.15) is 0 Å². The number of hydrogen-bond donors (Lipinski definition) is 2. The van der Waals surface area contributed by atoms with Crippen LogP contribution in [-0.4, -0.2) is 56.0 Å². The predicted octanol–water partition coefficient (Wildman–Crippen LogP) is -2.97. The van der Waals surface area contributed by atoms with Gasteiger partial charge in [0.05, 0.1) is 0 Å². The van der Waals surface area contributed by atoms with Crippen molar-refractivity contribution < 1.29 is 21.5 Å². The number of aromatic amines is 1. The quantitative estimate of drug-likeness (QED) is 0.269. The normalized spacial score (nSPS) is 19.5. The summed E-state index contributed by atoms with van der Waals surface area (Å²) in [6, 6.07) is 1.97. The topological polar surface area (TPSA) is 47.2 Å². The molecule has 1 aliphatic rings. The molecular formula is C9H17IN5-. The van der Waals surface area contributed by atoms with Crippen LogP contribution in [0.2, 0.25) is 0 Å². The molecule has 5 nitrogen and oxygen atoms in total. The Hall–Kier alpha value is -0.340. The van der Waals surface area contributed by atoms with Crippen molar-refractivity contribution in [3.63, 3.8) is 0 Å². The van der Waals surface area contributed by atoms with Crippen LogP contribution in [0.5, 0.6) is 0 Å². The summed E-state index contributed by atoms with van der Waals surface area (Å²) >= 11 is 0.125. The Morgan fingerprint density at radius 2 is 2.27 bits per heavy atom. The first-order valence-electron chi connectivity index (χ1n) is 5.11. The Balaban J connectivity index is 1.62. The standard InChI is InChI=1S/C9H17IN5/c1-14-4-6-15(7-5-14)10-8-11-9-2-3-12-13-9/h2-3H,4-8H2,1H3,(H2,11,12,13)/q-1. The summed E-state index contributed by atoms with van der Waals surface area (Å²) in [4.78, 5) is 2.39. The van der Waals surface area contributed by atoms with E-state index < -0.39 is 0 Å². The van der Waals surface area contributed by atoms with E-state index in [0.717, 1.165) is 10.4 Å². The van der Waals surface area contributed by atoms with Gasteiger partial charge in [-0.2, -0.15) is 0 Å². The van der Waals surface area contributed by atoms with Gasteiger partial charge in [-0.25, -0.2) is 0 Å². The predicted molar refractivity (Wildman–Crippen MR) is 56.1 cm³/mol. The van der Waals surface area contributed by atoms with Crippen molar-refractivity contribution in [3.05, 3.63) is 12.3 Å². The monoisotopic (exact) mass is 322 g/mol. The van der Waals surface area contributed by atoms with Gasteiger partial charge in [-0.05, 0) is 0 Å². The fourth-order valence-corrected chi connectivity index (χ4v) is 3.62. The number of nitrogens with one attached hydrogen (secondary N) is 2. The molecule has 2 N–H and O–H groups in total. The molecular weight excluding hydrogens is 305 g/mol. The third-order valence-corrected chi connectivity index (χ3v) is 5.09. The number of aromatic nitrogens is 2. The average molecular weight is 322 g/mol. The van der Waals surface area contributed by atoms with Crippen molar-refractivity contribution in [1.29, 1.82) is 0 Å². The van der Waals surface area contributed by atoms with Gasteiger partial charge in [-0.1, -0.05) is 0 Å². The molecule has 1 aromatic rings. The van der Waals surface area contributed by atoms with Gasteiger partial charge < -0.3 is 0 Å². The molecule has 2 rings (SSSR count). The molecule has 15 heavy (non-hydrogen) atoms. The van der Waals surface area contributed by atoms with E-state index >= 15 is 0 Å². The number of nitrogens with zero attached hydrogens (tertiary/aromatic N) is 3. The van der Waals surface area contributed by atoms with Crippen LogP contribution in [0.25, 0.3) is 0 Å². The molecule has 86 valence electrons. The van der Waals surface area contributed by atoms with Gasteiger partial charge in [-0.15, -0.1) is 0 Å². The Morgan fingerprint density at radius 1 is 1.47 bits per heavy atom. The third-order valence-electron chi connectivity index (χ3n) is 2.44. The van der Waals surface area contributed by atoms with Crippen molar-refractivity contribution >= 4 is 5.82 Å². The van der Waals surface area contributed by atoms with Crippen molar-refractivity contribution in [3.8, 4) is 0 Å². The number of hydrogen-bond acceptors (Lipinski definition) is 4. The van der Waals surface area contributed by atoms with Crippen LogP contribution in [0.15, 0.2) is 12.3 Å². The minimum atomic E-state index is 0.125. The van der Waals surface area contributed by atoms with Gasteiger partial charge in [0.25, 0.3) is 0 Å². The number of rotatable bonds is 4. The average Bonchev–Trinajstić information content (AvgIpc) is 2.74. The third kappa shape index (κ3) is 3.62. The number of H-pyrrole nitrogens is 1. The molecule has 0 atom stereocenters. The van der Waals surface area contributed by atoms with Gasteiger partial charge in [0, 0.05) is 0 Å². The van der Waals surface area contributed by atoms with E-state index in [-0.39, 0.29) is 21.5 Å². The fourth-order valence-electron chi connectivity index (χ4n) is 1.44. The summed E-state index contributed by atoms with van der Waals surface area (Å²) in [6.45, 7) is 4.89. The van der Waals surface area contributed by atoms with Crippen LogP contribution in [0.3, 0.4) is 0 Å². The zero-order valence-corrected chi connectivity index (χ0v) is 11.1. The Bertz CT molecular complexity index is 268. The first-order chi connectivity index (χ1) is 7.34. The molecule has 0 aromatic carbocycles. The Morgan fingerprint density at radius 3 is 2.93 bits per heavy atom. The summed E-state index contributed by atoms with van der Waals surface area (Å²) in [7, 11) is 2.19. The molecule has 0 radical (unpaired) electrons. The summed E-state index contributed by atoms with van der Waals surface area (Å²) < 4.78 is 3.69. The van der Waals surface area contributed by atoms with Crippen LogP contribution >= 0.6 is 0 Å². The van der Waals surface area contributed by atoms with Crippen molar-refractivity contribution in [1.82, 2.24) is 18.2 Å². The fraction of sp³-hybridized carbons (Fsp3) is 0.667. The number of halogens is 1. The second-order valence-corrected chi connectivity index (χ2v) is 6.42. The van der Waals surface area contributed by atoms with Crippen molar-refractivity contribution in [2.75, 3.05) is 43.1 Å². The molecule has 0 amide bonds. The first kappa shape index (κ1) is 11.2. The molecule has 1 aromatic heterocycles. The molecule has 1 saturated heterocycles. The molecule has 0 aliphatic carbocycles. The van der Waals surface area contributed by atoms with Crippen molar-refractivity contribution in [2.45, 2.75) is 0 Å². The van der Waals surface area contributed by atoms with Gasteiger partial charge in [0.1, 0.15) is 0 Å². The summed E-state index contributed by atoms with van der Waals surface area (Å²) in [6.07, 6.45) is 1.77. The summed E-state index contributed by atoms with van der Waals surface area (Å²) in [5.74, 6) is 1.03. The molecule has 0 unspecified atom stereocenters. The maximum atomic E-state index is 3.90. The first-order valence-corrected chi connectivity index (χ1v) is 7.60. The van der Waals surface area contributed by atoms with Gasteiger partial charge in [-0.3, -0.25) is 0 Å². The molecule has 0 bridgehead atoms. The molecule has 2 heterocycles. The second-order valence-electron chi connectivity index (χ2n) is 3.61. The van der Waals surface area contributed by atoms with E-state index in [4.69, 9.17) is 0 Å². The zero-order chi connectivity index (χ0) is 10.5. The zero-order valence-electron chi connectivity index (χ0n) is 8.91. The number of alkyl halides is 1. The molecule has 1 fully saturated rings. The summed E-state index contributed by atoms with van der Waals surface area (Å²) in [5.41, 5.74) is 0. The molecule has 0 spiro atoms. The maximum absolute atomic E-state index is 3.90. The minimum absolute atomic E-state index is 0.125. The Kier molecular flexibility index (Phi) is 4.21. The number of anilines is 1. The van der Waals surface area contributed by atoms with E-state index in [1.807, 2.05) is 6.07 Å².